The van der Waals surface area contributed by atoms with Crippen molar-refractivity contribution in [2.24, 2.45) is 17.8 Å². The molecule has 6 atom stereocenters. The molecule has 202 valence electrons. The van der Waals surface area contributed by atoms with Crippen molar-refractivity contribution in [1.82, 2.24) is 0 Å². The first kappa shape index (κ1) is 27.0. The largest absolute Gasteiger partial charge is 0.402 e. The van der Waals surface area contributed by atoms with Gasteiger partial charge in [0, 0.05) is 5.92 Å². The van der Waals surface area contributed by atoms with Crippen LogP contribution in [0.1, 0.15) is 27.7 Å². The van der Waals surface area contributed by atoms with E-state index < -0.39 is 20.5 Å². The van der Waals surface area contributed by atoms with Gasteiger partial charge in [0.25, 0.3) is 8.32 Å². The number of rotatable bonds is 4. The summed E-state index contributed by atoms with van der Waals surface area (Å²) in [6.45, 7) is 11.2. The Morgan fingerprint density at radius 3 is 1.65 bits per heavy atom. The van der Waals surface area contributed by atoms with Crippen LogP contribution in [0.15, 0.2) is 60.7 Å². The van der Waals surface area contributed by atoms with Crippen molar-refractivity contribution in [1.29, 1.82) is 0 Å². The molecule has 2 aromatic rings. The molecule has 0 amide bonds. The molecule has 4 aliphatic heterocycles. The Morgan fingerprint density at radius 1 is 0.703 bits per heavy atom. The van der Waals surface area contributed by atoms with Gasteiger partial charge in [0.2, 0.25) is 0 Å². The van der Waals surface area contributed by atoms with E-state index in [1.807, 2.05) is 0 Å². The minimum Gasteiger partial charge on any atom is -0.402 e. The van der Waals surface area contributed by atoms with Crippen LogP contribution in [0.4, 0.5) is 0 Å². The highest BCUT2D eigenvalue weighted by Gasteiger charge is 2.56. The van der Waals surface area contributed by atoms with Gasteiger partial charge >= 0.3 is 0 Å². The van der Waals surface area contributed by atoms with Crippen LogP contribution in [-0.2, 0) is 23.4 Å². The fraction of sp³-hybridized carbons (Fsp3) is 0.586. The van der Waals surface area contributed by atoms with E-state index in [4.69, 9.17) is 23.4 Å². The Hall–Kier alpha value is -1.62. The molecule has 0 spiro atoms. The summed E-state index contributed by atoms with van der Waals surface area (Å²) in [5, 5.41) is 21.0. The number of aliphatic hydroxyl groups is 2. The summed E-state index contributed by atoms with van der Waals surface area (Å²) in [5.74, 6) is 0.548. The Labute approximate surface area is 220 Å². The van der Waals surface area contributed by atoms with Gasteiger partial charge in [-0.1, -0.05) is 88.4 Å². The normalized spacial score (nSPS) is 35.1. The summed E-state index contributed by atoms with van der Waals surface area (Å²) in [4.78, 5) is 0. The maximum Gasteiger partial charge on any atom is 0.261 e. The maximum atomic E-state index is 9.20. The summed E-state index contributed by atoms with van der Waals surface area (Å²) in [7, 11) is -2.54. The molecule has 4 heterocycles. The number of fused-ring (bicyclic) bond motifs is 2. The fourth-order valence-corrected chi connectivity index (χ4v) is 11.0. The highest BCUT2D eigenvalue weighted by molar-refractivity contribution is 6.99. The number of hydrogen-bond donors (Lipinski definition) is 2. The van der Waals surface area contributed by atoms with E-state index in [0.29, 0.717) is 18.4 Å². The van der Waals surface area contributed by atoms with E-state index >= 15 is 0 Å². The van der Waals surface area contributed by atoms with Crippen LogP contribution in [0, 0.1) is 17.8 Å². The van der Waals surface area contributed by atoms with Crippen molar-refractivity contribution in [3.63, 3.8) is 0 Å². The molecular formula is C29H40O7Si. The molecule has 0 bridgehead atoms. The molecule has 37 heavy (non-hydrogen) atoms. The molecule has 7 nitrogen and oxygen atoms in total. The standard InChI is InChI=1S/C23H30O3Si.C6H10O4/c1-17-15-24-22-21(17)20(16-25-22)26-27(23(2,3)4,18-11-7-5-8-12-18)19-13-9-6-10-14-19;7-3-1-9-6-5(3)4(8)2-10-6/h5-14,17,20-22H,15-16H2,1-4H3;3-8H,1-2H2/t17-,20-,21?,22?;3-,4-,5?,6?/m00/s1. The quantitative estimate of drug-likeness (QED) is 0.589. The topological polar surface area (TPSA) is 86.6 Å². The minimum absolute atomic E-state index is 0.0174. The smallest absolute Gasteiger partial charge is 0.261 e. The summed E-state index contributed by atoms with van der Waals surface area (Å²) in [5.41, 5.74) is 0. The van der Waals surface area contributed by atoms with E-state index in [1.54, 1.807) is 0 Å². The Kier molecular flexibility index (Phi) is 7.92. The van der Waals surface area contributed by atoms with Gasteiger partial charge in [-0.3, -0.25) is 0 Å². The second kappa shape index (κ2) is 10.9. The van der Waals surface area contributed by atoms with Crippen LogP contribution in [0.2, 0.25) is 5.04 Å². The van der Waals surface area contributed by atoms with Crippen molar-refractivity contribution < 1.29 is 33.6 Å². The lowest BCUT2D eigenvalue weighted by Crippen LogP contribution is -2.68. The van der Waals surface area contributed by atoms with Crippen molar-refractivity contribution in [3.8, 4) is 0 Å². The van der Waals surface area contributed by atoms with Gasteiger partial charge in [-0.05, 0) is 21.3 Å². The summed E-state index contributed by atoms with van der Waals surface area (Å²) < 4.78 is 29.1. The molecule has 0 saturated carbocycles. The first-order valence-electron chi connectivity index (χ1n) is 13.3. The molecule has 0 aromatic heterocycles. The second-order valence-corrected chi connectivity index (χ2v) is 15.9. The van der Waals surface area contributed by atoms with E-state index in [0.717, 1.165) is 6.61 Å². The molecule has 2 N–H and O–H groups in total. The number of benzene rings is 2. The summed E-state index contributed by atoms with van der Waals surface area (Å²) >= 11 is 0. The van der Waals surface area contributed by atoms with Crippen LogP contribution in [0.25, 0.3) is 0 Å². The zero-order valence-electron chi connectivity index (χ0n) is 22.2. The first-order chi connectivity index (χ1) is 17.7. The molecule has 0 radical (unpaired) electrons. The average Bonchev–Trinajstić information content (AvgIpc) is 3.65. The van der Waals surface area contributed by atoms with Gasteiger partial charge in [-0.2, -0.15) is 0 Å². The SMILES string of the molecule is C[C@H]1COC2OC[C@H](O[Si](c3ccccc3)(c3ccccc3)C(C)(C)C)C21.O[C@H]1COC2OC[C@H](O)C21. The van der Waals surface area contributed by atoms with Crippen LogP contribution in [-0.4, -0.2) is 75.8 Å². The third kappa shape index (κ3) is 5.06. The van der Waals surface area contributed by atoms with Crippen molar-refractivity contribution in [3.05, 3.63) is 60.7 Å². The average molecular weight is 529 g/mol. The third-order valence-corrected chi connectivity index (χ3v) is 13.2. The maximum absolute atomic E-state index is 9.20. The molecule has 6 rings (SSSR count). The van der Waals surface area contributed by atoms with Gasteiger partial charge in [0.05, 0.1) is 50.7 Å². The minimum atomic E-state index is -2.54. The number of ether oxygens (including phenoxy) is 4. The van der Waals surface area contributed by atoms with Crippen molar-refractivity contribution >= 4 is 18.7 Å². The van der Waals surface area contributed by atoms with E-state index in [9.17, 15) is 10.2 Å². The van der Waals surface area contributed by atoms with E-state index in [1.165, 1.54) is 10.4 Å². The summed E-state index contributed by atoms with van der Waals surface area (Å²) in [6, 6.07) is 21.6. The number of hydrogen-bond acceptors (Lipinski definition) is 7. The van der Waals surface area contributed by atoms with Crippen molar-refractivity contribution in [2.45, 2.75) is 63.6 Å². The molecule has 2 unspecified atom stereocenters. The molecule has 2 aromatic carbocycles. The second-order valence-electron chi connectivity index (χ2n) is 11.7. The molecule has 4 aliphatic rings. The van der Waals surface area contributed by atoms with E-state index in [-0.39, 0.29) is 42.9 Å². The highest BCUT2D eigenvalue weighted by atomic mass is 28.4. The van der Waals surface area contributed by atoms with Crippen molar-refractivity contribution in [2.75, 3.05) is 26.4 Å². The fourth-order valence-electron chi connectivity index (χ4n) is 6.27. The zero-order valence-corrected chi connectivity index (χ0v) is 23.2. The Bertz CT molecular complexity index is 960. The van der Waals surface area contributed by atoms with Gasteiger partial charge in [0.1, 0.15) is 0 Å². The van der Waals surface area contributed by atoms with Crippen LogP contribution < -0.4 is 10.4 Å². The molecular weight excluding hydrogens is 488 g/mol. The molecule has 8 heteroatoms. The van der Waals surface area contributed by atoms with Crippen LogP contribution in [0.5, 0.6) is 0 Å². The lowest BCUT2D eigenvalue weighted by molar-refractivity contribution is -0.0912. The van der Waals surface area contributed by atoms with Gasteiger partial charge < -0.3 is 33.6 Å². The van der Waals surface area contributed by atoms with Gasteiger partial charge in [0.15, 0.2) is 12.6 Å². The van der Waals surface area contributed by atoms with Crippen LogP contribution >= 0.6 is 0 Å². The predicted molar refractivity (Wildman–Crippen MR) is 142 cm³/mol. The third-order valence-electron chi connectivity index (χ3n) is 8.16. The lowest BCUT2D eigenvalue weighted by atomic mass is 9.93. The van der Waals surface area contributed by atoms with Crippen LogP contribution in [0.3, 0.4) is 0 Å². The molecule has 0 aliphatic carbocycles. The predicted octanol–water partition coefficient (Wildman–Crippen LogP) is 2.28. The van der Waals surface area contributed by atoms with Gasteiger partial charge in [-0.25, -0.2) is 0 Å². The van der Waals surface area contributed by atoms with E-state index in [2.05, 4.69) is 88.4 Å². The monoisotopic (exact) mass is 528 g/mol. The van der Waals surface area contributed by atoms with Gasteiger partial charge in [-0.15, -0.1) is 0 Å². The molecule has 4 fully saturated rings. The Balaban J connectivity index is 0.000000233. The zero-order chi connectivity index (χ0) is 26.2. The lowest BCUT2D eigenvalue weighted by Gasteiger charge is -2.45. The Morgan fingerprint density at radius 2 is 1.16 bits per heavy atom. The first-order valence-corrected chi connectivity index (χ1v) is 15.2. The number of aliphatic hydroxyl groups excluding tert-OH is 2. The molecule has 4 saturated heterocycles. The highest BCUT2D eigenvalue weighted by Crippen LogP contribution is 2.43. The summed E-state index contributed by atoms with van der Waals surface area (Å²) in [6.07, 6.45) is -1.52.